The van der Waals surface area contributed by atoms with Gasteiger partial charge < -0.3 is 9.15 Å². The molecule has 0 spiro atoms. The van der Waals surface area contributed by atoms with Crippen LogP contribution in [0.3, 0.4) is 0 Å². The fourth-order valence-corrected chi connectivity index (χ4v) is 3.83. The third-order valence-electron chi connectivity index (χ3n) is 5.19. The molecule has 24 heavy (non-hydrogen) atoms. The number of carbonyl (C=O) groups excluding carboxylic acids is 2. The van der Waals surface area contributed by atoms with Crippen LogP contribution in [0.4, 0.5) is 0 Å². The van der Waals surface area contributed by atoms with Crippen molar-refractivity contribution in [1.82, 2.24) is 0 Å². The zero-order valence-electron chi connectivity index (χ0n) is 15.3. The van der Waals surface area contributed by atoms with Crippen LogP contribution < -0.4 is 0 Å². The van der Waals surface area contributed by atoms with Crippen molar-refractivity contribution in [3.05, 3.63) is 23.7 Å². The van der Waals surface area contributed by atoms with E-state index in [0.29, 0.717) is 48.7 Å². The minimum Gasteiger partial charge on any atom is -0.460 e. The first-order valence-electron chi connectivity index (χ1n) is 9.20. The first-order chi connectivity index (χ1) is 11.4. The third-order valence-corrected chi connectivity index (χ3v) is 5.19. The number of furan rings is 1. The normalized spacial score (nSPS) is 24.1. The highest BCUT2D eigenvalue weighted by molar-refractivity contribution is 5.86. The molecular weight excluding hydrogens is 304 g/mol. The average molecular weight is 334 g/mol. The molecule has 1 aliphatic carbocycles. The molecule has 1 aliphatic rings. The second kappa shape index (κ2) is 8.50. The maximum absolute atomic E-state index is 12.7. The Morgan fingerprint density at radius 3 is 2.71 bits per heavy atom. The van der Waals surface area contributed by atoms with Crippen LogP contribution >= 0.6 is 0 Å². The number of hydrogen-bond donors (Lipinski definition) is 0. The van der Waals surface area contributed by atoms with Crippen molar-refractivity contribution in [3.63, 3.8) is 0 Å². The number of rotatable bonds is 7. The Labute approximate surface area is 144 Å². The van der Waals surface area contributed by atoms with E-state index in [9.17, 15) is 9.59 Å². The summed E-state index contributed by atoms with van der Waals surface area (Å²) in [5.41, 5.74) is 0. The molecule has 0 radical (unpaired) electrons. The van der Waals surface area contributed by atoms with Gasteiger partial charge in [-0.1, -0.05) is 27.2 Å². The summed E-state index contributed by atoms with van der Waals surface area (Å²) in [7, 11) is 0. The average Bonchev–Trinajstić information content (AvgIpc) is 3.01. The van der Waals surface area contributed by atoms with Crippen LogP contribution in [0.5, 0.6) is 0 Å². The predicted octanol–water partition coefficient (Wildman–Crippen LogP) is 4.67. The number of Topliss-reactive ketones (excluding diaryl/α,β-unsaturated/α-hetero) is 1. The first kappa shape index (κ1) is 18.8. The zero-order chi connectivity index (χ0) is 17.7. The molecule has 1 aromatic rings. The first-order valence-corrected chi connectivity index (χ1v) is 9.20. The standard InChI is InChI=1S/C20H30O4/c1-5-23-20(22)19-11-8-15(24-19)7-10-18(21)17-12-14(4)6-9-16(17)13(2)3/h8,11,13-14,16-17H,5-7,9-10,12H2,1-4H3/t14-,16+,17-/m1/s1. The molecule has 0 unspecified atom stereocenters. The molecular formula is C20H30O4. The van der Waals surface area contributed by atoms with Crippen LogP contribution in [0, 0.1) is 23.7 Å². The molecule has 4 nitrogen and oxygen atoms in total. The van der Waals surface area contributed by atoms with Gasteiger partial charge in [0, 0.05) is 18.8 Å². The van der Waals surface area contributed by atoms with Crippen LogP contribution in [-0.2, 0) is 16.0 Å². The number of ether oxygens (including phenoxy) is 1. The monoisotopic (exact) mass is 334 g/mol. The van der Waals surface area contributed by atoms with E-state index in [0.717, 1.165) is 12.8 Å². The molecule has 1 saturated carbocycles. The lowest BCUT2D eigenvalue weighted by atomic mass is 9.68. The van der Waals surface area contributed by atoms with Crippen LogP contribution in [0.25, 0.3) is 0 Å². The highest BCUT2D eigenvalue weighted by atomic mass is 16.5. The smallest absolute Gasteiger partial charge is 0.374 e. The molecule has 3 atom stereocenters. The van der Waals surface area contributed by atoms with Crippen molar-refractivity contribution in [2.45, 2.75) is 59.8 Å². The molecule has 1 heterocycles. The Morgan fingerprint density at radius 1 is 1.29 bits per heavy atom. The Morgan fingerprint density at radius 2 is 2.04 bits per heavy atom. The predicted molar refractivity (Wildman–Crippen MR) is 92.8 cm³/mol. The van der Waals surface area contributed by atoms with Gasteiger partial charge >= 0.3 is 5.97 Å². The van der Waals surface area contributed by atoms with Crippen molar-refractivity contribution >= 4 is 11.8 Å². The van der Waals surface area contributed by atoms with Gasteiger partial charge in [-0.3, -0.25) is 4.79 Å². The van der Waals surface area contributed by atoms with E-state index < -0.39 is 5.97 Å². The van der Waals surface area contributed by atoms with Gasteiger partial charge in [0.05, 0.1) is 6.61 Å². The lowest BCUT2D eigenvalue weighted by molar-refractivity contribution is -0.127. The van der Waals surface area contributed by atoms with Gasteiger partial charge in [-0.05, 0) is 49.7 Å². The topological polar surface area (TPSA) is 56.5 Å². The number of carbonyl (C=O) groups is 2. The molecule has 1 fully saturated rings. The zero-order valence-corrected chi connectivity index (χ0v) is 15.3. The van der Waals surface area contributed by atoms with Crippen molar-refractivity contribution in [3.8, 4) is 0 Å². The highest BCUT2D eigenvalue weighted by Crippen LogP contribution is 2.39. The van der Waals surface area contributed by atoms with E-state index >= 15 is 0 Å². The third kappa shape index (κ3) is 4.71. The molecule has 0 bridgehead atoms. The summed E-state index contributed by atoms with van der Waals surface area (Å²) in [6, 6.07) is 3.39. The summed E-state index contributed by atoms with van der Waals surface area (Å²) in [6.45, 7) is 8.77. The highest BCUT2D eigenvalue weighted by Gasteiger charge is 2.34. The van der Waals surface area contributed by atoms with Crippen molar-refractivity contribution < 1.29 is 18.7 Å². The molecule has 1 aromatic heterocycles. The molecule has 0 saturated heterocycles. The molecule has 134 valence electrons. The Kier molecular flexibility index (Phi) is 6.64. The quantitative estimate of drug-likeness (QED) is 0.680. The summed E-state index contributed by atoms with van der Waals surface area (Å²) in [5, 5.41) is 0. The molecule has 2 rings (SSSR count). The molecule has 0 aromatic carbocycles. The molecule has 0 N–H and O–H groups in total. The van der Waals surface area contributed by atoms with Crippen molar-refractivity contribution in [1.29, 1.82) is 0 Å². The molecule has 0 amide bonds. The van der Waals surface area contributed by atoms with E-state index in [1.54, 1.807) is 19.1 Å². The summed E-state index contributed by atoms with van der Waals surface area (Å²) in [4.78, 5) is 24.4. The number of esters is 1. The van der Waals surface area contributed by atoms with E-state index in [1.807, 2.05) is 0 Å². The van der Waals surface area contributed by atoms with Crippen LogP contribution in [0.15, 0.2) is 16.5 Å². The van der Waals surface area contributed by atoms with Gasteiger partial charge in [0.1, 0.15) is 11.5 Å². The minimum atomic E-state index is -0.448. The second-order valence-corrected chi connectivity index (χ2v) is 7.39. The fourth-order valence-electron chi connectivity index (χ4n) is 3.83. The van der Waals surface area contributed by atoms with Crippen molar-refractivity contribution in [2.75, 3.05) is 6.61 Å². The lowest BCUT2D eigenvalue weighted by Gasteiger charge is -2.36. The fraction of sp³-hybridized carbons (Fsp3) is 0.700. The van der Waals surface area contributed by atoms with E-state index in [4.69, 9.17) is 9.15 Å². The molecule has 4 heteroatoms. The van der Waals surface area contributed by atoms with Crippen LogP contribution in [0.2, 0.25) is 0 Å². The SMILES string of the molecule is CCOC(=O)c1ccc(CCC(=O)[C@@H]2C[C@H](C)CC[C@H]2C(C)C)o1. The van der Waals surface area contributed by atoms with E-state index in [-0.39, 0.29) is 11.7 Å². The maximum Gasteiger partial charge on any atom is 0.374 e. The number of aryl methyl sites for hydroxylation is 1. The lowest BCUT2D eigenvalue weighted by Crippen LogP contribution is -2.33. The molecule has 0 aliphatic heterocycles. The van der Waals surface area contributed by atoms with Crippen LogP contribution in [-0.4, -0.2) is 18.4 Å². The van der Waals surface area contributed by atoms with Crippen LogP contribution in [0.1, 0.15) is 69.7 Å². The largest absolute Gasteiger partial charge is 0.460 e. The van der Waals surface area contributed by atoms with Gasteiger partial charge in [0.25, 0.3) is 0 Å². The summed E-state index contributed by atoms with van der Waals surface area (Å²) in [5.74, 6) is 2.64. The summed E-state index contributed by atoms with van der Waals surface area (Å²) in [6.07, 6.45) is 4.43. The summed E-state index contributed by atoms with van der Waals surface area (Å²) < 4.78 is 10.4. The van der Waals surface area contributed by atoms with Gasteiger partial charge in [-0.15, -0.1) is 0 Å². The van der Waals surface area contributed by atoms with E-state index in [1.165, 1.54) is 6.42 Å². The summed E-state index contributed by atoms with van der Waals surface area (Å²) >= 11 is 0. The number of ketones is 1. The van der Waals surface area contributed by atoms with Gasteiger partial charge in [0.15, 0.2) is 0 Å². The Bertz CT molecular complexity index is 558. The Balaban J connectivity index is 1.93. The van der Waals surface area contributed by atoms with E-state index in [2.05, 4.69) is 20.8 Å². The Hall–Kier alpha value is -1.58. The second-order valence-electron chi connectivity index (χ2n) is 7.39. The van der Waals surface area contributed by atoms with Crippen molar-refractivity contribution in [2.24, 2.45) is 23.7 Å². The maximum atomic E-state index is 12.7. The van der Waals surface area contributed by atoms with Gasteiger partial charge in [0.2, 0.25) is 5.76 Å². The van der Waals surface area contributed by atoms with Gasteiger partial charge in [-0.25, -0.2) is 4.79 Å². The van der Waals surface area contributed by atoms with Gasteiger partial charge in [-0.2, -0.15) is 0 Å². The minimum absolute atomic E-state index is 0.174. The number of hydrogen-bond acceptors (Lipinski definition) is 4.